The summed E-state index contributed by atoms with van der Waals surface area (Å²) in [6.07, 6.45) is 3.29. The third-order valence-corrected chi connectivity index (χ3v) is 3.60. The van der Waals surface area contributed by atoms with E-state index in [1.165, 1.54) is 12.1 Å². The van der Waals surface area contributed by atoms with Gasteiger partial charge in [0.25, 0.3) is 0 Å². The van der Waals surface area contributed by atoms with Crippen molar-refractivity contribution in [3.63, 3.8) is 0 Å². The number of nitrogens with zero attached hydrogens (tertiary/aromatic N) is 2. The highest BCUT2D eigenvalue weighted by atomic mass is 19.1. The average molecular weight is 261 g/mol. The number of hydrogen-bond acceptors (Lipinski definition) is 3. The fourth-order valence-electron chi connectivity index (χ4n) is 2.55. The summed E-state index contributed by atoms with van der Waals surface area (Å²) in [6, 6.07) is 7.11. The second-order valence-corrected chi connectivity index (χ2v) is 4.99. The van der Waals surface area contributed by atoms with Crippen LogP contribution in [0.3, 0.4) is 0 Å². The molecule has 1 aromatic carbocycles. The van der Waals surface area contributed by atoms with Crippen molar-refractivity contribution in [2.75, 3.05) is 24.5 Å². The first-order chi connectivity index (χ1) is 9.24. The van der Waals surface area contributed by atoms with Gasteiger partial charge in [0.15, 0.2) is 0 Å². The van der Waals surface area contributed by atoms with E-state index in [1.807, 2.05) is 0 Å². The van der Waals surface area contributed by atoms with E-state index in [0.29, 0.717) is 11.6 Å². The minimum atomic E-state index is -0.347. The SMILES string of the molecule is CCCNC1CCN(c2ccc(F)cc2C#N)CC1. The molecule has 1 heterocycles. The van der Waals surface area contributed by atoms with Gasteiger partial charge in [0.05, 0.1) is 11.3 Å². The van der Waals surface area contributed by atoms with Crippen LogP contribution < -0.4 is 10.2 Å². The van der Waals surface area contributed by atoms with Crippen LogP contribution >= 0.6 is 0 Å². The van der Waals surface area contributed by atoms with Crippen molar-refractivity contribution in [3.8, 4) is 6.07 Å². The zero-order valence-corrected chi connectivity index (χ0v) is 11.3. The van der Waals surface area contributed by atoms with E-state index in [1.54, 1.807) is 6.07 Å². The van der Waals surface area contributed by atoms with Gasteiger partial charge in [-0.2, -0.15) is 5.26 Å². The molecular formula is C15H20FN3. The van der Waals surface area contributed by atoms with Crippen molar-refractivity contribution < 1.29 is 4.39 Å². The van der Waals surface area contributed by atoms with Gasteiger partial charge in [0.1, 0.15) is 11.9 Å². The molecule has 1 aliphatic heterocycles. The molecule has 1 saturated heterocycles. The first-order valence-electron chi connectivity index (χ1n) is 6.92. The highest BCUT2D eigenvalue weighted by Gasteiger charge is 2.20. The molecule has 0 amide bonds. The van der Waals surface area contributed by atoms with Crippen LogP contribution in [0, 0.1) is 17.1 Å². The lowest BCUT2D eigenvalue weighted by atomic mass is 10.0. The van der Waals surface area contributed by atoms with Gasteiger partial charge < -0.3 is 10.2 Å². The molecule has 1 aromatic rings. The molecule has 2 rings (SSSR count). The number of halogens is 1. The number of nitriles is 1. The second kappa shape index (κ2) is 6.53. The summed E-state index contributed by atoms with van der Waals surface area (Å²) in [5, 5.41) is 12.6. The molecule has 1 aliphatic rings. The lowest BCUT2D eigenvalue weighted by molar-refractivity contribution is 0.416. The Kier molecular flexibility index (Phi) is 4.75. The third kappa shape index (κ3) is 3.45. The van der Waals surface area contributed by atoms with E-state index in [4.69, 9.17) is 5.26 Å². The van der Waals surface area contributed by atoms with E-state index >= 15 is 0 Å². The van der Waals surface area contributed by atoms with Gasteiger partial charge in [-0.1, -0.05) is 6.92 Å². The van der Waals surface area contributed by atoms with Crippen LogP contribution in [0.4, 0.5) is 10.1 Å². The maximum Gasteiger partial charge on any atom is 0.124 e. The largest absolute Gasteiger partial charge is 0.370 e. The first kappa shape index (κ1) is 13.8. The maximum atomic E-state index is 13.1. The van der Waals surface area contributed by atoms with Crippen molar-refractivity contribution >= 4 is 5.69 Å². The fourth-order valence-corrected chi connectivity index (χ4v) is 2.55. The van der Waals surface area contributed by atoms with Gasteiger partial charge in [-0.05, 0) is 44.0 Å². The summed E-state index contributed by atoms with van der Waals surface area (Å²) >= 11 is 0. The van der Waals surface area contributed by atoms with Crippen LogP contribution in [0.5, 0.6) is 0 Å². The lowest BCUT2D eigenvalue weighted by Crippen LogP contribution is -2.43. The Morgan fingerprint density at radius 2 is 2.16 bits per heavy atom. The topological polar surface area (TPSA) is 39.1 Å². The summed E-state index contributed by atoms with van der Waals surface area (Å²) < 4.78 is 13.1. The summed E-state index contributed by atoms with van der Waals surface area (Å²) in [6.45, 7) is 5.06. The summed E-state index contributed by atoms with van der Waals surface area (Å²) in [4.78, 5) is 2.18. The van der Waals surface area contributed by atoms with Gasteiger partial charge in [0.2, 0.25) is 0 Å². The number of rotatable bonds is 4. The van der Waals surface area contributed by atoms with Gasteiger partial charge in [-0.25, -0.2) is 4.39 Å². The van der Waals surface area contributed by atoms with E-state index < -0.39 is 0 Å². The Bertz CT molecular complexity index is 459. The van der Waals surface area contributed by atoms with Crippen molar-refractivity contribution in [1.82, 2.24) is 5.32 Å². The number of benzene rings is 1. The van der Waals surface area contributed by atoms with Crippen molar-refractivity contribution in [2.24, 2.45) is 0 Å². The second-order valence-electron chi connectivity index (χ2n) is 4.99. The number of piperidine rings is 1. The van der Waals surface area contributed by atoms with Crippen molar-refractivity contribution in [1.29, 1.82) is 5.26 Å². The van der Waals surface area contributed by atoms with Crippen molar-refractivity contribution in [3.05, 3.63) is 29.6 Å². The molecule has 102 valence electrons. The van der Waals surface area contributed by atoms with Crippen LogP contribution in [0.25, 0.3) is 0 Å². The van der Waals surface area contributed by atoms with Gasteiger partial charge >= 0.3 is 0 Å². The summed E-state index contributed by atoms with van der Waals surface area (Å²) in [5.74, 6) is -0.347. The monoisotopic (exact) mass is 261 g/mol. The van der Waals surface area contributed by atoms with Crippen molar-refractivity contribution in [2.45, 2.75) is 32.2 Å². The molecule has 0 radical (unpaired) electrons. The highest BCUT2D eigenvalue weighted by molar-refractivity contribution is 5.59. The minimum absolute atomic E-state index is 0.347. The Hall–Kier alpha value is -1.60. The molecule has 1 N–H and O–H groups in total. The van der Waals surface area contributed by atoms with E-state index in [9.17, 15) is 4.39 Å². The van der Waals surface area contributed by atoms with Crippen LogP contribution in [0.2, 0.25) is 0 Å². The summed E-state index contributed by atoms with van der Waals surface area (Å²) in [5.41, 5.74) is 1.29. The predicted octanol–water partition coefficient (Wildman–Crippen LogP) is 2.67. The third-order valence-electron chi connectivity index (χ3n) is 3.60. The molecular weight excluding hydrogens is 241 g/mol. The zero-order chi connectivity index (χ0) is 13.7. The molecule has 0 saturated carbocycles. The predicted molar refractivity (Wildman–Crippen MR) is 74.6 cm³/mol. The Morgan fingerprint density at radius 3 is 2.79 bits per heavy atom. The van der Waals surface area contributed by atoms with E-state index in [0.717, 1.165) is 44.6 Å². The molecule has 1 fully saturated rings. The summed E-state index contributed by atoms with van der Waals surface area (Å²) in [7, 11) is 0. The number of anilines is 1. The quantitative estimate of drug-likeness (QED) is 0.905. The average Bonchev–Trinajstić information content (AvgIpc) is 2.45. The highest BCUT2D eigenvalue weighted by Crippen LogP contribution is 2.24. The van der Waals surface area contributed by atoms with E-state index in [2.05, 4.69) is 23.2 Å². The lowest BCUT2D eigenvalue weighted by Gasteiger charge is -2.34. The Labute approximate surface area is 114 Å². The fraction of sp³-hybridized carbons (Fsp3) is 0.533. The van der Waals surface area contributed by atoms with Crippen LogP contribution in [-0.4, -0.2) is 25.7 Å². The molecule has 4 heteroatoms. The van der Waals surface area contributed by atoms with Gasteiger partial charge in [-0.15, -0.1) is 0 Å². The molecule has 0 unspecified atom stereocenters. The van der Waals surface area contributed by atoms with Crippen LogP contribution in [-0.2, 0) is 0 Å². The molecule has 0 aliphatic carbocycles. The molecule has 0 aromatic heterocycles. The molecule has 0 atom stereocenters. The van der Waals surface area contributed by atoms with E-state index in [-0.39, 0.29) is 5.82 Å². The van der Waals surface area contributed by atoms with Gasteiger partial charge in [0, 0.05) is 19.1 Å². The van der Waals surface area contributed by atoms with Crippen LogP contribution in [0.1, 0.15) is 31.7 Å². The normalized spacial score (nSPS) is 16.4. The standard InChI is InChI=1S/C15H20FN3/c1-2-7-18-14-5-8-19(9-6-14)15-4-3-13(16)10-12(15)11-17/h3-4,10,14,18H,2,5-9H2,1H3. The molecule has 3 nitrogen and oxygen atoms in total. The van der Waals surface area contributed by atoms with Crippen LogP contribution in [0.15, 0.2) is 18.2 Å². The first-order valence-corrected chi connectivity index (χ1v) is 6.92. The maximum absolute atomic E-state index is 13.1. The number of hydrogen-bond donors (Lipinski definition) is 1. The zero-order valence-electron chi connectivity index (χ0n) is 11.3. The molecule has 0 bridgehead atoms. The Morgan fingerprint density at radius 1 is 1.42 bits per heavy atom. The van der Waals surface area contributed by atoms with Gasteiger partial charge in [-0.3, -0.25) is 0 Å². The molecule has 19 heavy (non-hydrogen) atoms. The number of nitrogens with one attached hydrogen (secondary N) is 1. The Balaban J connectivity index is 2.00. The smallest absolute Gasteiger partial charge is 0.124 e. The minimum Gasteiger partial charge on any atom is -0.370 e. The molecule has 0 spiro atoms.